The topological polar surface area (TPSA) is 61.8 Å². The number of pyridine rings is 1. The minimum absolute atomic E-state index is 0.454. The fourth-order valence-corrected chi connectivity index (χ4v) is 2.66. The first-order valence-corrected chi connectivity index (χ1v) is 7.08. The van der Waals surface area contributed by atoms with Crippen LogP contribution in [0.2, 0.25) is 0 Å². The van der Waals surface area contributed by atoms with Crippen molar-refractivity contribution < 1.29 is 9.47 Å². The molecule has 5 heteroatoms. The number of hydrogen-bond acceptors (Lipinski definition) is 4. The van der Waals surface area contributed by atoms with E-state index in [-0.39, 0.29) is 0 Å². The van der Waals surface area contributed by atoms with E-state index in [0.29, 0.717) is 6.54 Å². The van der Waals surface area contributed by atoms with Gasteiger partial charge in [-0.3, -0.25) is 0 Å². The standard InChI is InChI=1S/C17H19N3O2/c1-11-16(14-9-13(21-2)6-7-15(14)22-3)19-17-12(10-18)5-4-8-20(11)17/h4-9H,10,18H2,1-3H3. The zero-order valence-electron chi connectivity index (χ0n) is 13.0. The van der Waals surface area contributed by atoms with Crippen LogP contribution in [-0.4, -0.2) is 23.6 Å². The number of ether oxygens (including phenoxy) is 2. The number of aromatic nitrogens is 2. The minimum atomic E-state index is 0.454. The predicted molar refractivity (Wildman–Crippen MR) is 86.4 cm³/mol. The quantitative estimate of drug-likeness (QED) is 0.804. The smallest absolute Gasteiger partial charge is 0.142 e. The fourth-order valence-electron chi connectivity index (χ4n) is 2.66. The number of imidazole rings is 1. The summed E-state index contributed by atoms with van der Waals surface area (Å²) < 4.78 is 12.9. The van der Waals surface area contributed by atoms with Crippen molar-refractivity contribution in [2.75, 3.05) is 14.2 Å². The lowest BCUT2D eigenvalue weighted by atomic mass is 10.1. The first kappa shape index (κ1) is 14.4. The van der Waals surface area contributed by atoms with Gasteiger partial charge in [0.25, 0.3) is 0 Å². The lowest BCUT2D eigenvalue weighted by Gasteiger charge is -2.09. The Balaban J connectivity index is 2.28. The molecule has 0 aliphatic heterocycles. The Bertz CT molecular complexity index is 824. The number of rotatable bonds is 4. The van der Waals surface area contributed by atoms with Crippen molar-refractivity contribution >= 4 is 5.65 Å². The fraction of sp³-hybridized carbons (Fsp3) is 0.235. The van der Waals surface area contributed by atoms with Crippen LogP contribution in [-0.2, 0) is 6.54 Å². The molecule has 3 rings (SSSR count). The van der Waals surface area contributed by atoms with Crippen molar-refractivity contribution in [2.24, 2.45) is 5.73 Å². The van der Waals surface area contributed by atoms with Crippen LogP contribution >= 0.6 is 0 Å². The van der Waals surface area contributed by atoms with Crippen LogP contribution < -0.4 is 15.2 Å². The Hall–Kier alpha value is -2.53. The second-order valence-corrected chi connectivity index (χ2v) is 5.04. The number of nitrogens with two attached hydrogens (primary N) is 1. The summed E-state index contributed by atoms with van der Waals surface area (Å²) in [6.45, 7) is 2.49. The van der Waals surface area contributed by atoms with Gasteiger partial charge in [-0.1, -0.05) is 6.07 Å². The van der Waals surface area contributed by atoms with E-state index in [1.165, 1.54) is 0 Å². The van der Waals surface area contributed by atoms with Crippen LogP contribution in [0.5, 0.6) is 11.5 Å². The lowest BCUT2D eigenvalue weighted by molar-refractivity contribution is 0.404. The lowest BCUT2D eigenvalue weighted by Crippen LogP contribution is -1.99. The number of benzene rings is 1. The van der Waals surface area contributed by atoms with Crippen molar-refractivity contribution in [3.63, 3.8) is 0 Å². The van der Waals surface area contributed by atoms with E-state index in [1.807, 2.05) is 43.5 Å². The minimum Gasteiger partial charge on any atom is -0.497 e. The third kappa shape index (κ3) is 2.19. The van der Waals surface area contributed by atoms with Gasteiger partial charge < -0.3 is 19.6 Å². The second kappa shape index (κ2) is 5.69. The zero-order chi connectivity index (χ0) is 15.7. The molecule has 0 spiro atoms. The molecule has 5 nitrogen and oxygen atoms in total. The number of nitrogens with zero attached hydrogens (tertiary/aromatic N) is 2. The summed E-state index contributed by atoms with van der Waals surface area (Å²) in [5.74, 6) is 1.54. The molecule has 3 aromatic rings. The van der Waals surface area contributed by atoms with Gasteiger partial charge in [0, 0.05) is 29.6 Å². The molecule has 0 bridgehead atoms. The van der Waals surface area contributed by atoms with Gasteiger partial charge in [-0.25, -0.2) is 4.98 Å². The second-order valence-electron chi connectivity index (χ2n) is 5.04. The van der Waals surface area contributed by atoms with Crippen molar-refractivity contribution in [2.45, 2.75) is 13.5 Å². The monoisotopic (exact) mass is 297 g/mol. The van der Waals surface area contributed by atoms with Crippen molar-refractivity contribution in [3.05, 3.63) is 47.8 Å². The molecule has 0 aliphatic rings. The highest BCUT2D eigenvalue weighted by atomic mass is 16.5. The number of fused-ring (bicyclic) bond motifs is 1. The van der Waals surface area contributed by atoms with Gasteiger partial charge in [0.15, 0.2) is 0 Å². The maximum atomic E-state index is 5.82. The Labute approximate surface area is 129 Å². The first-order chi connectivity index (χ1) is 10.7. The number of methoxy groups -OCH3 is 2. The Kier molecular flexibility index (Phi) is 3.73. The molecule has 22 heavy (non-hydrogen) atoms. The summed E-state index contributed by atoms with van der Waals surface area (Å²) >= 11 is 0. The third-order valence-electron chi connectivity index (χ3n) is 3.85. The summed E-state index contributed by atoms with van der Waals surface area (Å²) in [6, 6.07) is 9.68. The highest BCUT2D eigenvalue weighted by Crippen LogP contribution is 2.35. The average Bonchev–Trinajstić information content (AvgIpc) is 2.91. The molecule has 2 aromatic heterocycles. The molecule has 1 aromatic carbocycles. The van der Waals surface area contributed by atoms with Crippen LogP contribution in [0.25, 0.3) is 16.9 Å². The van der Waals surface area contributed by atoms with Gasteiger partial charge in [-0.05, 0) is 31.2 Å². The van der Waals surface area contributed by atoms with E-state index >= 15 is 0 Å². The first-order valence-electron chi connectivity index (χ1n) is 7.08. The van der Waals surface area contributed by atoms with E-state index in [1.54, 1.807) is 14.2 Å². The highest BCUT2D eigenvalue weighted by molar-refractivity contribution is 5.74. The molecule has 2 N–H and O–H groups in total. The molecule has 0 saturated carbocycles. The van der Waals surface area contributed by atoms with Gasteiger partial charge in [0.05, 0.1) is 19.9 Å². The van der Waals surface area contributed by atoms with Crippen molar-refractivity contribution in [1.29, 1.82) is 0 Å². The molecule has 0 fully saturated rings. The SMILES string of the molecule is COc1ccc(OC)c(-c2nc3c(CN)cccn3c2C)c1. The summed E-state index contributed by atoms with van der Waals surface area (Å²) in [4.78, 5) is 4.78. The van der Waals surface area contributed by atoms with Crippen molar-refractivity contribution in [1.82, 2.24) is 9.38 Å². The highest BCUT2D eigenvalue weighted by Gasteiger charge is 2.16. The van der Waals surface area contributed by atoms with Crippen LogP contribution in [0, 0.1) is 6.92 Å². The molecule has 0 aliphatic carbocycles. The number of hydrogen-bond donors (Lipinski definition) is 1. The maximum absolute atomic E-state index is 5.82. The van der Waals surface area contributed by atoms with Gasteiger partial charge in [0.2, 0.25) is 0 Å². The largest absolute Gasteiger partial charge is 0.497 e. The normalized spacial score (nSPS) is 10.9. The third-order valence-corrected chi connectivity index (χ3v) is 3.85. The van der Waals surface area contributed by atoms with E-state index < -0.39 is 0 Å². The predicted octanol–water partition coefficient (Wildman–Crippen LogP) is 2.79. The van der Waals surface area contributed by atoms with Gasteiger partial charge in [-0.2, -0.15) is 0 Å². The van der Waals surface area contributed by atoms with Crippen LogP contribution in [0.4, 0.5) is 0 Å². The van der Waals surface area contributed by atoms with E-state index in [0.717, 1.165) is 39.7 Å². The van der Waals surface area contributed by atoms with Gasteiger partial charge >= 0.3 is 0 Å². The molecular formula is C17H19N3O2. The molecule has 0 saturated heterocycles. The van der Waals surface area contributed by atoms with E-state index in [9.17, 15) is 0 Å². The molecule has 0 radical (unpaired) electrons. The average molecular weight is 297 g/mol. The molecule has 0 atom stereocenters. The Morgan fingerprint density at radius 3 is 2.68 bits per heavy atom. The Morgan fingerprint density at radius 2 is 2.00 bits per heavy atom. The summed E-state index contributed by atoms with van der Waals surface area (Å²) in [6.07, 6.45) is 1.99. The molecule has 2 heterocycles. The zero-order valence-corrected chi connectivity index (χ0v) is 13.0. The summed E-state index contributed by atoms with van der Waals surface area (Å²) in [7, 11) is 3.30. The van der Waals surface area contributed by atoms with Gasteiger partial charge in [0.1, 0.15) is 17.1 Å². The summed E-state index contributed by atoms with van der Waals surface area (Å²) in [5, 5.41) is 0. The number of aryl methyl sites for hydroxylation is 1. The Morgan fingerprint density at radius 1 is 1.18 bits per heavy atom. The molecule has 0 unspecified atom stereocenters. The van der Waals surface area contributed by atoms with Crippen LogP contribution in [0.15, 0.2) is 36.5 Å². The maximum Gasteiger partial charge on any atom is 0.142 e. The van der Waals surface area contributed by atoms with Crippen molar-refractivity contribution in [3.8, 4) is 22.8 Å². The van der Waals surface area contributed by atoms with E-state index in [2.05, 4.69) is 4.40 Å². The van der Waals surface area contributed by atoms with E-state index in [4.69, 9.17) is 20.2 Å². The molecule has 114 valence electrons. The summed E-state index contributed by atoms with van der Waals surface area (Å²) in [5.41, 5.74) is 10.5. The van der Waals surface area contributed by atoms with Crippen LogP contribution in [0.3, 0.4) is 0 Å². The van der Waals surface area contributed by atoms with Gasteiger partial charge in [-0.15, -0.1) is 0 Å². The molecule has 0 amide bonds. The van der Waals surface area contributed by atoms with Crippen LogP contribution in [0.1, 0.15) is 11.3 Å². The molecular weight excluding hydrogens is 278 g/mol.